The molecule has 1 aliphatic heterocycles. The number of carbonyl (C=O) groups excluding carboxylic acids is 3. The SMILES string of the molecule is CCOc1ccccc1NC1=C(c2ccc(NC(C)=O)cc2)C(=O)N(C)C1=O. The summed E-state index contributed by atoms with van der Waals surface area (Å²) in [5, 5.41) is 5.75. The highest BCUT2D eigenvalue weighted by Crippen LogP contribution is 2.33. The van der Waals surface area contributed by atoms with E-state index in [-0.39, 0.29) is 17.2 Å². The van der Waals surface area contributed by atoms with Crippen molar-refractivity contribution in [2.24, 2.45) is 0 Å². The second-order valence-corrected chi connectivity index (χ2v) is 6.23. The van der Waals surface area contributed by atoms with Gasteiger partial charge in [-0.1, -0.05) is 24.3 Å². The fraction of sp³-hybridized carbons (Fsp3) is 0.190. The van der Waals surface area contributed by atoms with Crippen LogP contribution in [-0.2, 0) is 14.4 Å². The zero-order valence-electron chi connectivity index (χ0n) is 15.9. The number of hydrogen-bond acceptors (Lipinski definition) is 5. The highest BCUT2D eigenvalue weighted by atomic mass is 16.5. The zero-order valence-corrected chi connectivity index (χ0v) is 15.9. The third-order valence-electron chi connectivity index (χ3n) is 4.23. The van der Waals surface area contributed by atoms with Crippen molar-refractivity contribution in [3.8, 4) is 5.75 Å². The summed E-state index contributed by atoms with van der Waals surface area (Å²) in [4.78, 5) is 37.6. The molecule has 0 unspecified atom stereocenters. The lowest BCUT2D eigenvalue weighted by atomic mass is 10.0. The lowest BCUT2D eigenvalue weighted by molar-refractivity contribution is -0.135. The quantitative estimate of drug-likeness (QED) is 0.754. The standard InChI is InChI=1S/C21H21N3O4/c1-4-28-17-8-6-5-7-16(17)23-19-18(20(26)24(3)21(19)27)14-9-11-15(12-10-14)22-13(2)25/h5-12,23H,4H2,1-3H3,(H,22,25). The minimum atomic E-state index is -0.419. The van der Waals surface area contributed by atoms with E-state index in [0.29, 0.717) is 29.3 Å². The number of imide groups is 1. The van der Waals surface area contributed by atoms with Crippen molar-refractivity contribution in [1.82, 2.24) is 4.90 Å². The van der Waals surface area contributed by atoms with Crippen molar-refractivity contribution < 1.29 is 19.1 Å². The number of carbonyl (C=O) groups is 3. The maximum atomic E-state index is 12.7. The van der Waals surface area contributed by atoms with Crippen LogP contribution < -0.4 is 15.4 Å². The van der Waals surface area contributed by atoms with Crippen LogP contribution in [0.3, 0.4) is 0 Å². The van der Waals surface area contributed by atoms with E-state index in [1.165, 1.54) is 14.0 Å². The first-order chi connectivity index (χ1) is 13.4. The summed E-state index contributed by atoms with van der Waals surface area (Å²) < 4.78 is 5.59. The van der Waals surface area contributed by atoms with Crippen molar-refractivity contribution in [3.05, 3.63) is 59.8 Å². The third kappa shape index (κ3) is 3.73. The molecule has 2 aromatic carbocycles. The molecule has 7 heteroatoms. The summed E-state index contributed by atoms with van der Waals surface area (Å²) >= 11 is 0. The van der Waals surface area contributed by atoms with E-state index >= 15 is 0 Å². The average molecular weight is 379 g/mol. The van der Waals surface area contributed by atoms with Crippen LogP contribution in [0.2, 0.25) is 0 Å². The lowest BCUT2D eigenvalue weighted by Gasteiger charge is -2.13. The summed E-state index contributed by atoms with van der Waals surface area (Å²) in [6, 6.07) is 14.0. The van der Waals surface area contributed by atoms with Crippen molar-refractivity contribution in [3.63, 3.8) is 0 Å². The molecule has 1 aliphatic rings. The van der Waals surface area contributed by atoms with Crippen LogP contribution in [0.25, 0.3) is 5.57 Å². The molecule has 3 rings (SSSR count). The molecule has 0 aliphatic carbocycles. The number of rotatable bonds is 6. The van der Waals surface area contributed by atoms with E-state index in [9.17, 15) is 14.4 Å². The van der Waals surface area contributed by atoms with E-state index in [4.69, 9.17) is 4.74 Å². The topological polar surface area (TPSA) is 87.7 Å². The summed E-state index contributed by atoms with van der Waals surface area (Å²) in [6.07, 6.45) is 0. The first-order valence-corrected chi connectivity index (χ1v) is 8.86. The van der Waals surface area contributed by atoms with Gasteiger partial charge in [-0.15, -0.1) is 0 Å². The van der Waals surface area contributed by atoms with Gasteiger partial charge in [0, 0.05) is 19.7 Å². The Morgan fingerprint density at radius 2 is 1.71 bits per heavy atom. The van der Waals surface area contributed by atoms with Crippen LogP contribution in [0.1, 0.15) is 19.4 Å². The number of benzene rings is 2. The van der Waals surface area contributed by atoms with Gasteiger partial charge in [0.15, 0.2) is 0 Å². The number of ether oxygens (including phenoxy) is 1. The van der Waals surface area contributed by atoms with Gasteiger partial charge in [-0.25, -0.2) is 0 Å². The smallest absolute Gasteiger partial charge is 0.277 e. The molecule has 2 aromatic rings. The van der Waals surface area contributed by atoms with E-state index in [0.717, 1.165) is 4.90 Å². The second-order valence-electron chi connectivity index (χ2n) is 6.23. The number of anilines is 2. The van der Waals surface area contributed by atoms with Gasteiger partial charge in [-0.05, 0) is 36.8 Å². The Hall–Kier alpha value is -3.61. The second kappa shape index (κ2) is 7.96. The van der Waals surface area contributed by atoms with Crippen LogP contribution in [0.4, 0.5) is 11.4 Å². The largest absolute Gasteiger partial charge is 0.492 e. The lowest BCUT2D eigenvalue weighted by Crippen LogP contribution is -2.28. The molecule has 3 amide bonds. The van der Waals surface area contributed by atoms with Gasteiger partial charge in [0.1, 0.15) is 11.4 Å². The third-order valence-corrected chi connectivity index (χ3v) is 4.23. The van der Waals surface area contributed by atoms with Gasteiger partial charge in [-0.3, -0.25) is 19.3 Å². The molecule has 0 saturated heterocycles. The van der Waals surface area contributed by atoms with Crippen molar-refractivity contribution >= 4 is 34.7 Å². The molecule has 0 radical (unpaired) electrons. The van der Waals surface area contributed by atoms with Gasteiger partial charge in [0.05, 0.1) is 17.9 Å². The molecule has 7 nitrogen and oxygen atoms in total. The summed E-state index contributed by atoms with van der Waals surface area (Å²) in [7, 11) is 1.44. The van der Waals surface area contributed by atoms with E-state index in [2.05, 4.69) is 10.6 Å². The molecule has 0 bridgehead atoms. The first-order valence-electron chi connectivity index (χ1n) is 8.86. The van der Waals surface area contributed by atoms with Crippen LogP contribution in [0.5, 0.6) is 5.75 Å². The Kier molecular flexibility index (Phi) is 5.44. The van der Waals surface area contributed by atoms with Crippen molar-refractivity contribution in [1.29, 1.82) is 0 Å². The Morgan fingerprint density at radius 3 is 2.36 bits per heavy atom. The van der Waals surface area contributed by atoms with Crippen LogP contribution >= 0.6 is 0 Å². The van der Waals surface area contributed by atoms with Crippen molar-refractivity contribution in [2.45, 2.75) is 13.8 Å². The maximum absolute atomic E-state index is 12.7. The zero-order chi connectivity index (χ0) is 20.3. The maximum Gasteiger partial charge on any atom is 0.277 e. The monoisotopic (exact) mass is 379 g/mol. The highest BCUT2D eigenvalue weighted by Gasteiger charge is 2.37. The number of hydrogen-bond donors (Lipinski definition) is 2. The van der Waals surface area contributed by atoms with Gasteiger partial charge in [0.25, 0.3) is 11.8 Å². The Morgan fingerprint density at radius 1 is 1.04 bits per heavy atom. The molecular weight excluding hydrogens is 358 g/mol. The fourth-order valence-electron chi connectivity index (χ4n) is 2.93. The minimum absolute atomic E-state index is 0.186. The van der Waals surface area contributed by atoms with E-state index in [1.54, 1.807) is 36.4 Å². The molecule has 144 valence electrons. The molecule has 0 saturated carbocycles. The van der Waals surface area contributed by atoms with E-state index in [1.807, 2.05) is 19.1 Å². The minimum Gasteiger partial charge on any atom is -0.492 e. The number of amides is 3. The average Bonchev–Trinajstić information content (AvgIpc) is 2.88. The van der Waals surface area contributed by atoms with E-state index < -0.39 is 11.8 Å². The fourth-order valence-corrected chi connectivity index (χ4v) is 2.93. The Labute approximate surface area is 163 Å². The van der Waals surface area contributed by atoms with Gasteiger partial charge >= 0.3 is 0 Å². The molecule has 0 spiro atoms. The molecule has 0 aromatic heterocycles. The summed E-state index contributed by atoms with van der Waals surface area (Å²) in [6.45, 7) is 3.76. The number of nitrogens with one attached hydrogen (secondary N) is 2. The molecule has 1 heterocycles. The molecular formula is C21H21N3O4. The Balaban J connectivity index is 2.02. The number of para-hydroxylation sites is 2. The molecule has 2 N–H and O–H groups in total. The highest BCUT2D eigenvalue weighted by molar-refractivity contribution is 6.36. The number of likely N-dealkylation sites (N-methyl/N-ethyl adjacent to an activating group) is 1. The predicted octanol–water partition coefficient (Wildman–Crippen LogP) is 2.87. The van der Waals surface area contributed by atoms with Crippen LogP contribution in [0.15, 0.2) is 54.2 Å². The predicted molar refractivity (Wildman–Crippen MR) is 107 cm³/mol. The van der Waals surface area contributed by atoms with Crippen LogP contribution in [-0.4, -0.2) is 36.3 Å². The Bertz CT molecular complexity index is 964. The molecule has 28 heavy (non-hydrogen) atoms. The van der Waals surface area contributed by atoms with Gasteiger partial charge in [-0.2, -0.15) is 0 Å². The van der Waals surface area contributed by atoms with Crippen molar-refractivity contribution in [2.75, 3.05) is 24.3 Å². The molecule has 0 atom stereocenters. The first kappa shape index (κ1) is 19.2. The van der Waals surface area contributed by atoms with Crippen LogP contribution in [0, 0.1) is 0 Å². The number of nitrogens with zero attached hydrogens (tertiary/aromatic N) is 1. The summed E-state index contributed by atoms with van der Waals surface area (Å²) in [5.74, 6) is -0.410. The normalized spacial score (nSPS) is 13.8. The van der Waals surface area contributed by atoms with Gasteiger partial charge in [0.2, 0.25) is 5.91 Å². The van der Waals surface area contributed by atoms with Gasteiger partial charge < -0.3 is 15.4 Å². The summed E-state index contributed by atoms with van der Waals surface area (Å²) in [5.41, 5.74) is 2.25. The molecule has 0 fully saturated rings.